The molecule has 2 amide bonds. The van der Waals surface area contributed by atoms with E-state index in [0.717, 1.165) is 17.2 Å². The number of amides is 2. The lowest BCUT2D eigenvalue weighted by atomic mass is 10.0. The van der Waals surface area contributed by atoms with Crippen molar-refractivity contribution >= 4 is 29.1 Å². The number of carbonyl (C=O) groups is 2. The van der Waals surface area contributed by atoms with Gasteiger partial charge in [-0.3, -0.25) is 9.59 Å². The van der Waals surface area contributed by atoms with E-state index in [2.05, 4.69) is 10.6 Å². The lowest BCUT2D eigenvalue weighted by Crippen LogP contribution is -2.46. The van der Waals surface area contributed by atoms with E-state index in [9.17, 15) is 19.1 Å². The van der Waals surface area contributed by atoms with Gasteiger partial charge in [0.15, 0.2) is 0 Å². The molecule has 1 aliphatic carbocycles. The number of hydrogen-bond acceptors (Lipinski definition) is 3. The summed E-state index contributed by atoms with van der Waals surface area (Å²) >= 11 is 5.63. The van der Waals surface area contributed by atoms with Crippen LogP contribution >= 0.6 is 11.6 Å². The summed E-state index contributed by atoms with van der Waals surface area (Å²) < 4.78 is 13.1. The minimum atomic E-state index is -1.11. The molecule has 0 unspecified atom stereocenters. The summed E-state index contributed by atoms with van der Waals surface area (Å²) in [7, 11) is 0. The normalized spacial score (nSPS) is 14.7. The van der Waals surface area contributed by atoms with E-state index in [-0.39, 0.29) is 17.3 Å². The minimum absolute atomic E-state index is 0.0435. The highest BCUT2D eigenvalue weighted by Crippen LogP contribution is 2.29. The summed E-state index contributed by atoms with van der Waals surface area (Å²) in [5.41, 5.74) is 1.16. The second kappa shape index (κ2) is 6.82. The molecule has 0 saturated carbocycles. The van der Waals surface area contributed by atoms with Crippen LogP contribution in [0.4, 0.5) is 10.1 Å². The Hall–Kier alpha value is -2.44. The number of nitrogens with one attached hydrogen (secondary N) is 2. The van der Waals surface area contributed by atoms with Gasteiger partial charge in [-0.1, -0.05) is 35.9 Å². The highest BCUT2D eigenvalue weighted by molar-refractivity contribution is 6.39. The van der Waals surface area contributed by atoms with Crippen molar-refractivity contribution in [2.75, 3.05) is 11.9 Å². The summed E-state index contributed by atoms with van der Waals surface area (Å²) in [6.45, 7) is -0.0435. The Morgan fingerprint density at radius 3 is 2.36 bits per heavy atom. The number of benzene rings is 2. The fourth-order valence-electron chi connectivity index (χ4n) is 2.89. The number of halogens is 2. The average Bonchev–Trinajstić information content (AvgIpc) is 2.92. The molecular weight excluding hydrogens is 347 g/mol. The summed E-state index contributed by atoms with van der Waals surface area (Å²) in [6.07, 6.45) is 0.831. The molecule has 0 saturated heterocycles. The van der Waals surface area contributed by atoms with Crippen LogP contribution in [-0.2, 0) is 22.4 Å². The van der Waals surface area contributed by atoms with Crippen molar-refractivity contribution in [3.8, 4) is 0 Å². The quantitative estimate of drug-likeness (QED) is 0.731. The molecule has 0 atom stereocenters. The monoisotopic (exact) mass is 362 g/mol. The molecule has 7 heteroatoms. The van der Waals surface area contributed by atoms with Gasteiger partial charge in [0, 0.05) is 25.1 Å². The maximum absolute atomic E-state index is 13.1. The van der Waals surface area contributed by atoms with Crippen molar-refractivity contribution < 1.29 is 19.1 Å². The van der Waals surface area contributed by atoms with Crippen LogP contribution in [0.3, 0.4) is 0 Å². The lowest BCUT2D eigenvalue weighted by Gasteiger charge is -2.22. The zero-order valence-corrected chi connectivity index (χ0v) is 13.9. The lowest BCUT2D eigenvalue weighted by molar-refractivity contribution is -0.136. The molecule has 1 aliphatic rings. The van der Waals surface area contributed by atoms with E-state index in [0.29, 0.717) is 12.8 Å². The predicted octanol–water partition coefficient (Wildman–Crippen LogP) is 2.06. The van der Waals surface area contributed by atoms with Crippen LogP contribution in [-0.4, -0.2) is 29.1 Å². The van der Waals surface area contributed by atoms with Crippen molar-refractivity contribution in [2.24, 2.45) is 0 Å². The molecule has 2 aromatic carbocycles. The highest BCUT2D eigenvalue weighted by Gasteiger charge is 2.35. The van der Waals surface area contributed by atoms with E-state index in [1.165, 1.54) is 12.1 Å². The van der Waals surface area contributed by atoms with Crippen molar-refractivity contribution in [3.63, 3.8) is 0 Å². The molecule has 130 valence electrons. The Bertz CT molecular complexity index is 816. The van der Waals surface area contributed by atoms with Crippen molar-refractivity contribution in [1.82, 2.24) is 5.32 Å². The van der Waals surface area contributed by atoms with Crippen LogP contribution in [0.2, 0.25) is 5.02 Å². The van der Waals surface area contributed by atoms with Gasteiger partial charge in [-0.25, -0.2) is 4.39 Å². The average molecular weight is 363 g/mol. The van der Waals surface area contributed by atoms with E-state index >= 15 is 0 Å². The van der Waals surface area contributed by atoms with Gasteiger partial charge in [-0.2, -0.15) is 0 Å². The molecule has 3 N–H and O–H groups in total. The molecule has 0 aromatic heterocycles. The SMILES string of the molecule is O=C(NCC1(O)Cc2ccccc2C1)C(=O)Nc1ccc(F)c(Cl)c1. The molecule has 25 heavy (non-hydrogen) atoms. The topological polar surface area (TPSA) is 78.4 Å². The van der Waals surface area contributed by atoms with Gasteiger partial charge in [0.25, 0.3) is 0 Å². The molecule has 2 aromatic rings. The Morgan fingerprint density at radius 1 is 1.12 bits per heavy atom. The van der Waals surface area contributed by atoms with Crippen LogP contribution in [0, 0.1) is 5.82 Å². The van der Waals surface area contributed by atoms with Gasteiger partial charge in [-0.05, 0) is 29.3 Å². The fourth-order valence-corrected chi connectivity index (χ4v) is 3.07. The summed E-state index contributed by atoms with van der Waals surface area (Å²) in [5, 5.41) is 15.2. The van der Waals surface area contributed by atoms with Crippen LogP contribution in [0.5, 0.6) is 0 Å². The molecule has 3 rings (SSSR count). The third-order valence-corrected chi connectivity index (χ3v) is 4.41. The third-order valence-electron chi connectivity index (χ3n) is 4.12. The molecule has 5 nitrogen and oxygen atoms in total. The summed E-state index contributed by atoms with van der Waals surface area (Å²) in [6, 6.07) is 11.3. The molecule has 0 bridgehead atoms. The third kappa shape index (κ3) is 3.97. The molecule has 0 aliphatic heterocycles. The number of fused-ring (bicyclic) bond motifs is 1. The molecular formula is C18H16ClFN2O3. The van der Waals surface area contributed by atoms with E-state index in [4.69, 9.17) is 11.6 Å². The molecule has 0 radical (unpaired) electrons. The molecule has 0 fully saturated rings. The smallest absolute Gasteiger partial charge is 0.313 e. The Balaban J connectivity index is 1.56. The van der Waals surface area contributed by atoms with Crippen LogP contribution in [0.25, 0.3) is 0 Å². The van der Waals surface area contributed by atoms with Crippen molar-refractivity contribution in [1.29, 1.82) is 0 Å². The first kappa shape index (κ1) is 17.4. The standard InChI is InChI=1S/C18H16ClFN2O3/c19-14-7-13(5-6-15(14)20)22-17(24)16(23)21-10-18(25)8-11-3-1-2-4-12(11)9-18/h1-7,25H,8-10H2,(H,21,23)(H,22,24). The number of anilines is 1. The van der Waals surface area contributed by atoms with Gasteiger partial charge in [0.2, 0.25) is 0 Å². The van der Waals surface area contributed by atoms with Crippen LogP contribution in [0.1, 0.15) is 11.1 Å². The second-order valence-corrected chi connectivity index (χ2v) is 6.52. The number of carbonyl (C=O) groups excluding carboxylic acids is 2. The van der Waals surface area contributed by atoms with Gasteiger partial charge >= 0.3 is 11.8 Å². The zero-order valence-electron chi connectivity index (χ0n) is 13.2. The van der Waals surface area contributed by atoms with Gasteiger partial charge < -0.3 is 15.7 Å². The Labute approximate surface area is 148 Å². The van der Waals surface area contributed by atoms with Crippen LogP contribution in [0.15, 0.2) is 42.5 Å². The van der Waals surface area contributed by atoms with Crippen molar-refractivity contribution in [3.05, 3.63) is 64.4 Å². The van der Waals surface area contributed by atoms with E-state index < -0.39 is 23.2 Å². The van der Waals surface area contributed by atoms with Crippen LogP contribution < -0.4 is 10.6 Å². The Kier molecular flexibility index (Phi) is 4.74. The Morgan fingerprint density at radius 2 is 1.76 bits per heavy atom. The maximum Gasteiger partial charge on any atom is 0.313 e. The fraction of sp³-hybridized carbons (Fsp3) is 0.222. The van der Waals surface area contributed by atoms with Gasteiger partial charge in [0.05, 0.1) is 10.6 Å². The maximum atomic E-state index is 13.1. The van der Waals surface area contributed by atoms with Gasteiger partial charge in [0.1, 0.15) is 5.82 Å². The first-order valence-corrected chi connectivity index (χ1v) is 8.07. The molecule has 0 heterocycles. The van der Waals surface area contributed by atoms with E-state index in [1.807, 2.05) is 24.3 Å². The number of hydrogen-bond donors (Lipinski definition) is 3. The number of rotatable bonds is 3. The summed E-state index contributed by atoms with van der Waals surface area (Å²) in [5.74, 6) is -2.42. The first-order chi connectivity index (χ1) is 11.9. The van der Waals surface area contributed by atoms with Crippen molar-refractivity contribution in [2.45, 2.75) is 18.4 Å². The minimum Gasteiger partial charge on any atom is -0.387 e. The largest absolute Gasteiger partial charge is 0.387 e. The van der Waals surface area contributed by atoms with Gasteiger partial charge in [-0.15, -0.1) is 0 Å². The first-order valence-electron chi connectivity index (χ1n) is 7.70. The zero-order chi connectivity index (χ0) is 18.0. The molecule has 0 spiro atoms. The second-order valence-electron chi connectivity index (χ2n) is 6.11. The van der Waals surface area contributed by atoms with E-state index in [1.54, 1.807) is 0 Å². The highest BCUT2D eigenvalue weighted by atomic mass is 35.5. The summed E-state index contributed by atoms with van der Waals surface area (Å²) in [4.78, 5) is 23.8. The predicted molar refractivity (Wildman–Crippen MR) is 91.8 cm³/mol. The number of aliphatic hydroxyl groups is 1.